The Bertz CT molecular complexity index is 498. The van der Waals surface area contributed by atoms with Gasteiger partial charge in [-0.15, -0.1) is 11.3 Å². The molecule has 0 unspecified atom stereocenters. The molecule has 1 aromatic carbocycles. The molecule has 1 heterocycles. The predicted molar refractivity (Wildman–Crippen MR) is 75.8 cm³/mol. The maximum atomic E-state index is 5.92. The van der Waals surface area contributed by atoms with Crippen molar-refractivity contribution in [1.29, 1.82) is 0 Å². The lowest BCUT2D eigenvalue weighted by Crippen LogP contribution is -1.97. The molecule has 5 heteroatoms. The lowest BCUT2D eigenvalue weighted by Gasteiger charge is -2.07. The monoisotopic (exact) mass is 335 g/mol. The van der Waals surface area contributed by atoms with Crippen LogP contribution in [-0.2, 0) is 6.54 Å². The van der Waals surface area contributed by atoms with Gasteiger partial charge in [-0.3, -0.25) is 0 Å². The average Bonchev–Trinajstić information content (AvgIpc) is 2.66. The van der Waals surface area contributed by atoms with Crippen molar-refractivity contribution in [2.45, 2.75) is 6.54 Å². The highest BCUT2D eigenvalue weighted by Gasteiger charge is 2.02. The van der Waals surface area contributed by atoms with Crippen molar-refractivity contribution in [3.8, 4) is 0 Å². The molecule has 1 aromatic heterocycles. The van der Waals surface area contributed by atoms with Crippen LogP contribution in [0.25, 0.3) is 0 Å². The SMILES string of the molecule is Clc1csc(CNc2cc(Cl)ccc2Br)c1. The summed E-state index contributed by atoms with van der Waals surface area (Å²) in [5, 5.41) is 6.73. The van der Waals surface area contributed by atoms with Gasteiger partial charge in [0.25, 0.3) is 0 Å². The van der Waals surface area contributed by atoms with Crippen LogP contribution in [0.2, 0.25) is 10.0 Å². The van der Waals surface area contributed by atoms with Crippen molar-refractivity contribution < 1.29 is 0 Å². The minimum atomic E-state index is 0.718. The lowest BCUT2D eigenvalue weighted by atomic mass is 10.3. The van der Waals surface area contributed by atoms with Gasteiger partial charge in [-0.05, 0) is 40.2 Å². The number of rotatable bonds is 3. The Hall–Kier alpha value is -0.220. The third-order valence-corrected chi connectivity index (χ3v) is 4.21. The molecule has 0 radical (unpaired) electrons. The van der Waals surface area contributed by atoms with Gasteiger partial charge in [0.2, 0.25) is 0 Å². The third-order valence-electron chi connectivity index (χ3n) is 2.00. The first-order valence-electron chi connectivity index (χ1n) is 4.57. The Kier molecular flexibility index (Phi) is 4.14. The molecule has 1 N–H and O–H groups in total. The zero-order valence-electron chi connectivity index (χ0n) is 8.14. The van der Waals surface area contributed by atoms with Crippen molar-refractivity contribution in [3.05, 3.63) is 49.0 Å². The van der Waals surface area contributed by atoms with Crippen LogP contribution in [0.3, 0.4) is 0 Å². The summed E-state index contributed by atoms with van der Waals surface area (Å²) in [6.45, 7) is 0.746. The maximum absolute atomic E-state index is 5.92. The highest BCUT2D eigenvalue weighted by atomic mass is 79.9. The van der Waals surface area contributed by atoms with Gasteiger partial charge in [-0.2, -0.15) is 0 Å². The van der Waals surface area contributed by atoms with E-state index in [4.69, 9.17) is 23.2 Å². The molecule has 2 aromatic rings. The number of hydrogen-bond acceptors (Lipinski definition) is 2. The smallest absolute Gasteiger partial charge is 0.0516 e. The van der Waals surface area contributed by atoms with E-state index in [1.807, 2.05) is 29.6 Å². The summed E-state index contributed by atoms with van der Waals surface area (Å²) in [6, 6.07) is 7.61. The van der Waals surface area contributed by atoms with Crippen LogP contribution in [-0.4, -0.2) is 0 Å². The molecule has 0 fully saturated rings. The molecule has 0 saturated carbocycles. The molecule has 0 saturated heterocycles. The number of benzene rings is 1. The van der Waals surface area contributed by atoms with Crippen molar-refractivity contribution in [2.24, 2.45) is 0 Å². The zero-order valence-corrected chi connectivity index (χ0v) is 12.1. The quantitative estimate of drug-likeness (QED) is 0.788. The predicted octanol–water partition coefficient (Wildman–Crippen LogP) is 5.43. The van der Waals surface area contributed by atoms with Crippen LogP contribution in [0.4, 0.5) is 5.69 Å². The maximum Gasteiger partial charge on any atom is 0.0516 e. The number of thiophene rings is 1. The van der Waals surface area contributed by atoms with Gasteiger partial charge >= 0.3 is 0 Å². The van der Waals surface area contributed by atoms with E-state index in [0.717, 1.165) is 26.8 Å². The Morgan fingerprint density at radius 1 is 1.19 bits per heavy atom. The Balaban J connectivity index is 2.07. The molecule has 0 atom stereocenters. The number of anilines is 1. The normalized spacial score (nSPS) is 10.4. The summed E-state index contributed by atoms with van der Waals surface area (Å²) in [5.74, 6) is 0. The largest absolute Gasteiger partial charge is 0.379 e. The Morgan fingerprint density at radius 2 is 2.00 bits per heavy atom. The van der Waals surface area contributed by atoms with E-state index >= 15 is 0 Å². The molecule has 16 heavy (non-hydrogen) atoms. The van der Waals surface area contributed by atoms with Gasteiger partial charge in [0.1, 0.15) is 0 Å². The number of nitrogens with one attached hydrogen (secondary N) is 1. The van der Waals surface area contributed by atoms with E-state index in [1.165, 1.54) is 4.88 Å². The molecule has 0 aliphatic rings. The molecule has 2 rings (SSSR count). The third kappa shape index (κ3) is 3.14. The highest BCUT2D eigenvalue weighted by molar-refractivity contribution is 9.10. The molecule has 0 amide bonds. The first kappa shape index (κ1) is 12.2. The molecule has 0 spiro atoms. The van der Waals surface area contributed by atoms with Gasteiger partial charge in [-0.25, -0.2) is 0 Å². The summed E-state index contributed by atoms with van der Waals surface area (Å²) in [7, 11) is 0. The molecule has 84 valence electrons. The number of halogens is 3. The fourth-order valence-corrected chi connectivity index (χ4v) is 2.83. The van der Waals surface area contributed by atoms with Crippen molar-refractivity contribution >= 4 is 56.2 Å². The second-order valence-corrected chi connectivity index (χ2v) is 5.93. The van der Waals surface area contributed by atoms with Gasteiger partial charge in [0.05, 0.1) is 10.7 Å². The van der Waals surface area contributed by atoms with E-state index in [1.54, 1.807) is 11.3 Å². The van der Waals surface area contributed by atoms with E-state index < -0.39 is 0 Å². The molecular formula is C11H8BrCl2NS. The van der Waals surface area contributed by atoms with Crippen molar-refractivity contribution in [1.82, 2.24) is 0 Å². The fourth-order valence-electron chi connectivity index (χ4n) is 1.26. The molecular weight excluding hydrogens is 329 g/mol. The Morgan fingerprint density at radius 3 is 2.69 bits per heavy atom. The summed E-state index contributed by atoms with van der Waals surface area (Å²) in [4.78, 5) is 1.19. The number of hydrogen-bond donors (Lipinski definition) is 1. The van der Waals surface area contributed by atoms with Gasteiger partial charge < -0.3 is 5.32 Å². The van der Waals surface area contributed by atoms with Gasteiger partial charge in [-0.1, -0.05) is 23.2 Å². The van der Waals surface area contributed by atoms with Crippen LogP contribution in [0, 0.1) is 0 Å². The second-order valence-electron chi connectivity index (χ2n) is 3.21. The minimum Gasteiger partial charge on any atom is -0.379 e. The molecule has 0 bridgehead atoms. The van der Waals surface area contributed by atoms with Crippen LogP contribution in [0.5, 0.6) is 0 Å². The Labute approximate surface area is 117 Å². The van der Waals surface area contributed by atoms with Gasteiger partial charge in [0, 0.05) is 26.3 Å². The minimum absolute atomic E-state index is 0.718. The van der Waals surface area contributed by atoms with Crippen molar-refractivity contribution in [3.63, 3.8) is 0 Å². The van der Waals surface area contributed by atoms with Crippen LogP contribution < -0.4 is 5.32 Å². The molecule has 1 nitrogen and oxygen atoms in total. The zero-order chi connectivity index (χ0) is 11.5. The van der Waals surface area contributed by atoms with E-state index in [-0.39, 0.29) is 0 Å². The average molecular weight is 337 g/mol. The van der Waals surface area contributed by atoms with Crippen LogP contribution in [0.15, 0.2) is 34.1 Å². The van der Waals surface area contributed by atoms with E-state index in [9.17, 15) is 0 Å². The van der Waals surface area contributed by atoms with E-state index in [0.29, 0.717) is 0 Å². The summed E-state index contributed by atoms with van der Waals surface area (Å²) >= 11 is 16.9. The van der Waals surface area contributed by atoms with E-state index in [2.05, 4.69) is 21.2 Å². The van der Waals surface area contributed by atoms with Crippen LogP contribution >= 0.6 is 50.5 Å². The van der Waals surface area contributed by atoms with Gasteiger partial charge in [0.15, 0.2) is 0 Å². The first-order chi connectivity index (χ1) is 7.65. The summed E-state index contributed by atoms with van der Waals surface area (Å²) in [6.07, 6.45) is 0. The first-order valence-corrected chi connectivity index (χ1v) is 7.00. The summed E-state index contributed by atoms with van der Waals surface area (Å²) < 4.78 is 1.000. The highest BCUT2D eigenvalue weighted by Crippen LogP contribution is 2.27. The molecule has 0 aliphatic carbocycles. The standard InChI is InChI=1S/C11H8BrCl2NS/c12-10-2-1-7(13)4-11(10)15-5-9-3-8(14)6-16-9/h1-4,6,15H,5H2. The van der Waals surface area contributed by atoms with Crippen LogP contribution in [0.1, 0.15) is 4.88 Å². The van der Waals surface area contributed by atoms with Crippen molar-refractivity contribution in [2.75, 3.05) is 5.32 Å². The second kappa shape index (κ2) is 5.41. The summed E-state index contributed by atoms with van der Waals surface area (Å²) in [5.41, 5.74) is 0.983. The fraction of sp³-hybridized carbons (Fsp3) is 0.0909. The topological polar surface area (TPSA) is 12.0 Å². The molecule has 0 aliphatic heterocycles. The lowest BCUT2D eigenvalue weighted by molar-refractivity contribution is 1.19.